The monoisotopic (exact) mass is 218 g/mol. The molecule has 1 N–H and O–H groups in total. The maximum atomic E-state index is 11.3. The van der Waals surface area contributed by atoms with E-state index in [1.165, 1.54) is 6.92 Å². The van der Waals surface area contributed by atoms with E-state index >= 15 is 0 Å². The summed E-state index contributed by atoms with van der Waals surface area (Å²) < 4.78 is 0. The average Bonchev–Trinajstić information content (AvgIpc) is 2.28. The zero-order valence-electron chi connectivity index (χ0n) is 9.25. The summed E-state index contributed by atoms with van der Waals surface area (Å²) in [5, 5.41) is 9.86. The maximum Gasteiger partial charge on any atom is 0.163 e. The van der Waals surface area contributed by atoms with Crippen LogP contribution in [0.3, 0.4) is 0 Å². The van der Waals surface area contributed by atoms with Crippen molar-refractivity contribution < 1.29 is 14.7 Å². The summed E-state index contributed by atoms with van der Waals surface area (Å²) in [7, 11) is 0. The Balaban J connectivity index is 2.69. The topological polar surface area (TPSA) is 54.4 Å². The predicted octanol–water partition coefficient (Wildman–Crippen LogP) is 2.29. The molecule has 2 rings (SSSR count). The van der Waals surface area contributed by atoms with Crippen LogP contribution in [0.5, 0.6) is 5.75 Å². The summed E-state index contributed by atoms with van der Waals surface area (Å²) >= 11 is 0. The molecule has 84 valence electrons. The maximum absolute atomic E-state index is 11.3. The molecule has 0 aliphatic heterocycles. The van der Waals surface area contributed by atoms with Gasteiger partial charge in [0.25, 0.3) is 0 Å². The number of ketones is 1. The first kappa shape index (κ1) is 10.9. The molecule has 0 aromatic heterocycles. The van der Waals surface area contributed by atoms with E-state index in [0.717, 1.165) is 36.8 Å². The van der Waals surface area contributed by atoms with Crippen molar-refractivity contribution in [3.8, 4) is 5.75 Å². The Hall–Kier alpha value is -1.64. The molecule has 0 heterocycles. The molecular weight excluding hydrogens is 204 g/mol. The molecule has 0 atom stereocenters. The van der Waals surface area contributed by atoms with Gasteiger partial charge in [-0.1, -0.05) is 0 Å². The molecule has 1 aliphatic carbocycles. The number of carbonyl (C=O) groups is 2. The second-order valence-corrected chi connectivity index (χ2v) is 4.21. The van der Waals surface area contributed by atoms with Crippen molar-refractivity contribution in [2.24, 2.45) is 0 Å². The highest BCUT2D eigenvalue weighted by Crippen LogP contribution is 2.32. The van der Waals surface area contributed by atoms with Gasteiger partial charge in [0.2, 0.25) is 0 Å². The molecule has 0 fully saturated rings. The van der Waals surface area contributed by atoms with E-state index in [-0.39, 0.29) is 17.1 Å². The molecule has 3 heteroatoms. The van der Waals surface area contributed by atoms with E-state index in [2.05, 4.69) is 0 Å². The lowest BCUT2D eigenvalue weighted by molar-refractivity contribution is 0.101. The minimum atomic E-state index is -0.200. The molecule has 0 spiro atoms. The fourth-order valence-corrected chi connectivity index (χ4v) is 2.32. The molecule has 1 aliphatic rings. The number of phenolic OH excluding ortho intramolecular Hbond substituents is 1. The summed E-state index contributed by atoms with van der Waals surface area (Å²) in [5.41, 5.74) is 2.53. The number of carbonyl (C=O) groups excluding carboxylic acids is 2. The summed E-state index contributed by atoms with van der Waals surface area (Å²) in [6.07, 6.45) is 4.47. The molecule has 0 amide bonds. The predicted molar refractivity (Wildman–Crippen MR) is 60.1 cm³/mol. The number of hydrogen-bond acceptors (Lipinski definition) is 3. The van der Waals surface area contributed by atoms with E-state index in [0.29, 0.717) is 11.8 Å². The van der Waals surface area contributed by atoms with Crippen LogP contribution in [0.4, 0.5) is 0 Å². The number of benzene rings is 1. The fourth-order valence-electron chi connectivity index (χ4n) is 2.32. The van der Waals surface area contributed by atoms with E-state index in [9.17, 15) is 14.7 Å². The largest absolute Gasteiger partial charge is 0.506 e. The Morgan fingerprint density at radius 1 is 1.38 bits per heavy atom. The van der Waals surface area contributed by atoms with Crippen molar-refractivity contribution in [2.75, 3.05) is 0 Å². The summed E-state index contributed by atoms with van der Waals surface area (Å²) in [4.78, 5) is 22.3. The molecule has 1 aromatic carbocycles. The molecule has 0 unspecified atom stereocenters. The fraction of sp³-hybridized carbons (Fsp3) is 0.385. The van der Waals surface area contributed by atoms with Gasteiger partial charge >= 0.3 is 0 Å². The van der Waals surface area contributed by atoms with Gasteiger partial charge in [-0.2, -0.15) is 0 Å². The standard InChI is InChI=1S/C13H14O3/c1-8(15)11-6-9-4-2-3-5-10(9)12(7-14)13(11)16/h6-7,16H,2-5H2,1H3. The molecule has 0 bridgehead atoms. The van der Waals surface area contributed by atoms with Crippen molar-refractivity contribution in [1.29, 1.82) is 0 Å². The number of aryl methyl sites for hydroxylation is 1. The first-order valence-corrected chi connectivity index (χ1v) is 5.49. The lowest BCUT2D eigenvalue weighted by atomic mass is 9.86. The Morgan fingerprint density at radius 3 is 2.69 bits per heavy atom. The number of hydrogen-bond donors (Lipinski definition) is 1. The number of phenols is 1. The Kier molecular flexibility index (Phi) is 2.77. The summed E-state index contributed by atoms with van der Waals surface area (Å²) in [6.45, 7) is 1.40. The molecule has 1 aromatic rings. The van der Waals surface area contributed by atoms with Crippen LogP contribution in [0, 0.1) is 0 Å². The van der Waals surface area contributed by atoms with E-state index in [1.807, 2.05) is 0 Å². The highest BCUT2D eigenvalue weighted by molar-refractivity contribution is 6.00. The number of Topliss-reactive ketones (excluding diaryl/α,β-unsaturated/α-hetero) is 1. The molecule has 16 heavy (non-hydrogen) atoms. The number of aldehydes is 1. The van der Waals surface area contributed by atoms with Gasteiger partial charge in [-0.15, -0.1) is 0 Å². The van der Waals surface area contributed by atoms with Crippen molar-refractivity contribution in [3.05, 3.63) is 28.3 Å². The second kappa shape index (κ2) is 4.08. The van der Waals surface area contributed by atoms with Gasteiger partial charge in [-0.25, -0.2) is 0 Å². The van der Waals surface area contributed by atoms with Gasteiger partial charge in [-0.3, -0.25) is 9.59 Å². The first-order valence-electron chi connectivity index (χ1n) is 5.49. The normalized spacial score (nSPS) is 14.3. The molecule has 0 saturated heterocycles. The Labute approximate surface area is 94.1 Å². The van der Waals surface area contributed by atoms with Crippen LogP contribution in [0.2, 0.25) is 0 Å². The second-order valence-electron chi connectivity index (χ2n) is 4.21. The molecule has 0 radical (unpaired) electrons. The van der Waals surface area contributed by atoms with Gasteiger partial charge in [0.1, 0.15) is 5.75 Å². The average molecular weight is 218 g/mol. The minimum absolute atomic E-state index is 0.150. The van der Waals surface area contributed by atoms with Crippen LogP contribution in [0.25, 0.3) is 0 Å². The van der Waals surface area contributed by atoms with Crippen LogP contribution in [-0.4, -0.2) is 17.2 Å². The van der Waals surface area contributed by atoms with Crippen LogP contribution in [-0.2, 0) is 12.8 Å². The Bertz CT molecular complexity index is 461. The minimum Gasteiger partial charge on any atom is -0.506 e. The lowest BCUT2D eigenvalue weighted by Crippen LogP contribution is -2.09. The highest BCUT2D eigenvalue weighted by Gasteiger charge is 2.20. The van der Waals surface area contributed by atoms with E-state index in [4.69, 9.17) is 0 Å². The van der Waals surface area contributed by atoms with Crippen molar-refractivity contribution in [3.63, 3.8) is 0 Å². The van der Waals surface area contributed by atoms with Gasteiger partial charge in [0, 0.05) is 0 Å². The molecule has 3 nitrogen and oxygen atoms in total. The van der Waals surface area contributed by atoms with Crippen LogP contribution in [0.1, 0.15) is 51.6 Å². The summed E-state index contributed by atoms with van der Waals surface area (Å²) in [5.74, 6) is -0.350. The van der Waals surface area contributed by atoms with E-state index in [1.54, 1.807) is 6.07 Å². The van der Waals surface area contributed by atoms with Gasteiger partial charge in [-0.05, 0) is 49.8 Å². The zero-order valence-corrected chi connectivity index (χ0v) is 9.25. The smallest absolute Gasteiger partial charge is 0.163 e. The number of fused-ring (bicyclic) bond motifs is 1. The van der Waals surface area contributed by atoms with Gasteiger partial charge in [0.05, 0.1) is 11.1 Å². The Morgan fingerprint density at radius 2 is 2.06 bits per heavy atom. The van der Waals surface area contributed by atoms with Gasteiger partial charge in [0.15, 0.2) is 12.1 Å². The number of aromatic hydroxyl groups is 1. The number of rotatable bonds is 2. The molecular formula is C13H14O3. The first-order chi connectivity index (χ1) is 7.65. The van der Waals surface area contributed by atoms with Crippen molar-refractivity contribution in [1.82, 2.24) is 0 Å². The van der Waals surface area contributed by atoms with Crippen LogP contribution < -0.4 is 0 Å². The highest BCUT2D eigenvalue weighted by atomic mass is 16.3. The van der Waals surface area contributed by atoms with Crippen molar-refractivity contribution in [2.45, 2.75) is 32.6 Å². The van der Waals surface area contributed by atoms with Crippen molar-refractivity contribution >= 4 is 12.1 Å². The van der Waals surface area contributed by atoms with Crippen LogP contribution in [0.15, 0.2) is 6.07 Å². The third kappa shape index (κ3) is 1.62. The quantitative estimate of drug-likeness (QED) is 0.612. The van der Waals surface area contributed by atoms with Crippen LogP contribution >= 0.6 is 0 Å². The SMILES string of the molecule is CC(=O)c1cc2c(c(C=O)c1O)CCCC2. The zero-order chi connectivity index (χ0) is 11.7. The lowest BCUT2D eigenvalue weighted by Gasteiger charge is -2.19. The third-order valence-electron chi connectivity index (χ3n) is 3.16. The van der Waals surface area contributed by atoms with E-state index < -0.39 is 0 Å². The third-order valence-corrected chi connectivity index (χ3v) is 3.16. The summed E-state index contributed by atoms with van der Waals surface area (Å²) in [6, 6.07) is 1.74. The van der Waals surface area contributed by atoms with Gasteiger partial charge < -0.3 is 5.11 Å². The molecule has 0 saturated carbocycles.